The summed E-state index contributed by atoms with van der Waals surface area (Å²) in [5, 5.41) is 2.70. The van der Waals surface area contributed by atoms with E-state index in [2.05, 4.69) is 29.4 Å². The van der Waals surface area contributed by atoms with Gasteiger partial charge in [-0.25, -0.2) is 9.38 Å². The van der Waals surface area contributed by atoms with Crippen LogP contribution in [-0.4, -0.2) is 17.1 Å². The van der Waals surface area contributed by atoms with E-state index < -0.39 is 11.7 Å². The zero-order valence-electron chi connectivity index (χ0n) is 15.6. The van der Waals surface area contributed by atoms with Crippen LogP contribution in [0.5, 0.6) is 0 Å². The molecule has 0 atom stereocenters. The molecule has 0 saturated carbocycles. The molecule has 3 heterocycles. The molecule has 2 aliphatic heterocycles. The average Bonchev–Trinajstić information content (AvgIpc) is 3.23. The molecule has 3 aromatic rings. The summed E-state index contributed by atoms with van der Waals surface area (Å²) >= 11 is 1.17. The highest BCUT2D eigenvalue weighted by Gasteiger charge is 2.28. The topological polar surface area (TPSA) is 66.7 Å². The van der Waals surface area contributed by atoms with Gasteiger partial charge in [-0.2, -0.15) is 0 Å². The largest absolute Gasteiger partial charge is 0.334 e. The van der Waals surface area contributed by atoms with Gasteiger partial charge in [-0.3, -0.25) is 14.2 Å². The van der Waals surface area contributed by atoms with E-state index in [9.17, 15) is 14.0 Å². The minimum absolute atomic E-state index is 0.213. The van der Waals surface area contributed by atoms with E-state index in [0.29, 0.717) is 29.4 Å². The molecule has 5 rings (SSSR count). The number of aromatic nitrogens is 1. The first-order chi connectivity index (χ1) is 14.0. The number of fused-ring (bicyclic) bond motifs is 2. The van der Waals surface area contributed by atoms with Crippen LogP contribution in [0.4, 0.5) is 15.8 Å². The maximum absolute atomic E-state index is 13.7. The number of hydrogen-bond donors (Lipinski definition) is 1. The molecule has 2 aliphatic rings. The van der Waals surface area contributed by atoms with Crippen molar-refractivity contribution >= 4 is 34.2 Å². The number of aryl methyl sites for hydroxylation is 1. The fourth-order valence-corrected chi connectivity index (χ4v) is 4.69. The zero-order valence-corrected chi connectivity index (χ0v) is 16.4. The molecule has 0 unspecified atom stereocenters. The lowest BCUT2D eigenvalue weighted by atomic mass is 10.1. The standard InChI is InChI=1S/C21H17FN4O2S/c1-2-12-3-6-14(7-4-12)25-10-23-21-26(11-25)20(28)18(29-21)17-15-9-13(22)5-8-16(15)24-19(17)27/h3-9H,2,10-11H2,1H3,(H,24,27). The fraction of sp³-hybridized carbons (Fsp3) is 0.190. The highest BCUT2D eigenvalue weighted by Crippen LogP contribution is 2.30. The van der Waals surface area contributed by atoms with Crippen molar-refractivity contribution in [2.45, 2.75) is 20.0 Å². The number of thiazole rings is 1. The number of carbonyl (C=O) groups excluding carboxylic acids is 1. The van der Waals surface area contributed by atoms with Gasteiger partial charge in [0.2, 0.25) is 0 Å². The van der Waals surface area contributed by atoms with Gasteiger partial charge in [0.05, 0.1) is 5.57 Å². The van der Waals surface area contributed by atoms with Gasteiger partial charge in [-0.1, -0.05) is 30.4 Å². The van der Waals surface area contributed by atoms with Crippen molar-refractivity contribution < 1.29 is 9.18 Å². The Bertz CT molecular complexity index is 1320. The summed E-state index contributed by atoms with van der Waals surface area (Å²) in [6.07, 6.45) is 0.963. The molecular formula is C21H17FN4O2S. The van der Waals surface area contributed by atoms with Crippen molar-refractivity contribution in [2.75, 3.05) is 16.9 Å². The third kappa shape index (κ3) is 2.87. The number of halogens is 1. The van der Waals surface area contributed by atoms with Crippen LogP contribution in [0.15, 0.2) is 52.3 Å². The first kappa shape index (κ1) is 17.8. The molecule has 1 aromatic heterocycles. The normalized spacial score (nSPS) is 16.9. The smallest absolute Gasteiger partial charge is 0.272 e. The van der Waals surface area contributed by atoms with Crippen molar-refractivity contribution in [2.24, 2.45) is 4.99 Å². The van der Waals surface area contributed by atoms with Crippen LogP contribution in [0.1, 0.15) is 18.1 Å². The SMILES string of the molecule is CCc1ccc(N2CN=c3sc(=C4C(=O)Nc5ccc(F)cc54)c(=O)n3C2)cc1. The van der Waals surface area contributed by atoms with Crippen molar-refractivity contribution in [3.63, 3.8) is 0 Å². The summed E-state index contributed by atoms with van der Waals surface area (Å²) in [6.45, 7) is 2.88. The number of nitrogens with one attached hydrogen (secondary N) is 1. The number of anilines is 2. The Morgan fingerprint density at radius 2 is 1.97 bits per heavy atom. The van der Waals surface area contributed by atoms with Gasteiger partial charge in [0, 0.05) is 16.9 Å². The number of nitrogens with zero attached hydrogens (tertiary/aromatic N) is 3. The molecule has 6 nitrogen and oxygen atoms in total. The first-order valence-electron chi connectivity index (χ1n) is 9.28. The van der Waals surface area contributed by atoms with E-state index in [1.165, 1.54) is 35.1 Å². The van der Waals surface area contributed by atoms with Gasteiger partial charge in [0.15, 0.2) is 4.80 Å². The fourth-order valence-electron chi connectivity index (χ4n) is 3.63. The van der Waals surface area contributed by atoms with E-state index in [0.717, 1.165) is 12.1 Å². The Hall–Kier alpha value is -3.26. The molecule has 146 valence electrons. The molecule has 0 spiro atoms. The third-order valence-corrected chi connectivity index (χ3v) is 6.33. The lowest BCUT2D eigenvalue weighted by Gasteiger charge is -2.25. The van der Waals surface area contributed by atoms with Gasteiger partial charge in [-0.05, 0) is 42.3 Å². The minimum atomic E-state index is -0.453. The molecule has 0 aliphatic carbocycles. The van der Waals surface area contributed by atoms with Crippen LogP contribution in [-0.2, 0) is 17.9 Å². The quantitative estimate of drug-likeness (QED) is 0.704. The molecule has 29 heavy (non-hydrogen) atoms. The highest BCUT2D eigenvalue weighted by molar-refractivity contribution is 7.07. The summed E-state index contributed by atoms with van der Waals surface area (Å²) in [7, 11) is 0. The Morgan fingerprint density at radius 3 is 2.72 bits per heavy atom. The molecule has 0 bridgehead atoms. The van der Waals surface area contributed by atoms with E-state index in [-0.39, 0.29) is 15.7 Å². The maximum Gasteiger partial charge on any atom is 0.272 e. The lowest BCUT2D eigenvalue weighted by Crippen LogP contribution is -2.43. The highest BCUT2D eigenvalue weighted by atomic mass is 32.1. The van der Waals surface area contributed by atoms with E-state index in [1.807, 2.05) is 17.0 Å². The predicted octanol–water partition coefficient (Wildman–Crippen LogP) is 1.82. The number of hydrogen-bond acceptors (Lipinski definition) is 5. The molecule has 0 fully saturated rings. The number of amides is 1. The molecular weight excluding hydrogens is 391 g/mol. The number of carbonyl (C=O) groups is 1. The Kier molecular flexibility index (Phi) is 4.09. The first-order valence-corrected chi connectivity index (χ1v) is 10.1. The molecule has 0 radical (unpaired) electrons. The van der Waals surface area contributed by atoms with Crippen LogP contribution in [0, 0.1) is 5.82 Å². The van der Waals surface area contributed by atoms with Crippen molar-refractivity contribution in [3.05, 3.63) is 79.1 Å². The zero-order chi connectivity index (χ0) is 20.1. The Labute approximate surface area is 169 Å². The monoisotopic (exact) mass is 408 g/mol. The maximum atomic E-state index is 13.7. The van der Waals surface area contributed by atoms with E-state index >= 15 is 0 Å². The van der Waals surface area contributed by atoms with Gasteiger partial charge in [-0.15, -0.1) is 0 Å². The van der Waals surface area contributed by atoms with Crippen LogP contribution < -0.4 is 25.1 Å². The second kappa shape index (κ2) is 6.66. The summed E-state index contributed by atoms with van der Waals surface area (Å²) < 4.78 is 15.6. The predicted molar refractivity (Wildman–Crippen MR) is 110 cm³/mol. The van der Waals surface area contributed by atoms with Gasteiger partial charge < -0.3 is 10.2 Å². The van der Waals surface area contributed by atoms with Gasteiger partial charge in [0.1, 0.15) is 23.7 Å². The summed E-state index contributed by atoms with van der Waals surface area (Å²) in [5.74, 6) is -0.848. The van der Waals surface area contributed by atoms with Crippen molar-refractivity contribution in [1.29, 1.82) is 0 Å². The van der Waals surface area contributed by atoms with Gasteiger partial charge >= 0.3 is 0 Å². The third-order valence-electron chi connectivity index (χ3n) is 5.22. The summed E-state index contributed by atoms with van der Waals surface area (Å²) in [5.41, 5.74) is 3.08. The lowest BCUT2D eigenvalue weighted by molar-refractivity contribution is -0.110. The molecule has 0 saturated heterocycles. The van der Waals surface area contributed by atoms with E-state index in [1.54, 1.807) is 4.57 Å². The number of benzene rings is 2. The Balaban J connectivity index is 1.61. The molecule has 8 heteroatoms. The Morgan fingerprint density at radius 1 is 1.17 bits per heavy atom. The summed E-state index contributed by atoms with van der Waals surface area (Å²) in [4.78, 5) is 32.7. The molecule has 1 amide bonds. The molecule has 2 aromatic carbocycles. The van der Waals surface area contributed by atoms with Crippen LogP contribution >= 0.6 is 11.3 Å². The van der Waals surface area contributed by atoms with Crippen LogP contribution in [0.25, 0.3) is 5.57 Å². The second-order valence-corrected chi connectivity index (χ2v) is 7.94. The average molecular weight is 408 g/mol. The van der Waals surface area contributed by atoms with Crippen LogP contribution in [0.3, 0.4) is 0 Å². The molecule has 1 N–H and O–H groups in total. The van der Waals surface area contributed by atoms with Crippen molar-refractivity contribution in [3.8, 4) is 0 Å². The summed E-state index contributed by atoms with van der Waals surface area (Å²) in [6, 6.07) is 12.3. The van der Waals surface area contributed by atoms with E-state index in [4.69, 9.17) is 0 Å². The van der Waals surface area contributed by atoms with Crippen molar-refractivity contribution in [1.82, 2.24) is 4.57 Å². The number of rotatable bonds is 2. The van der Waals surface area contributed by atoms with Crippen LogP contribution in [0.2, 0.25) is 0 Å². The minimum Gasteiger partial charge on any atom is -0.334 e. The van der Waals surface area contributed by atoms with Gasteiger partial charge in [0.25, 0.3) is 11.5 Å². The second-order valence-electron chi connectivity index (χ2n) is 6.97.